The Morgan fingerprint density at radius 2 is 2.27 bits per heavy atom. The van der Waals surface area contributed by atoms with Gasteiger partial charge in [-0.1, -0.05) is 6.92 Å². The van der Waals surface area contributed by atoms with Crippen LogP contribution in [-0.2, 0) is 0 Å². The van der Waals surface area contributed by atoms with Gasteiger partial charge in [0.2, 0.25) is 5.91 Å². The highest BCUT2D eigenvalue weighted by molar-refractivity contribution is 5.91. The molecule has 0 spiro atoms. The summed E-state index contributed by atoms with van der Waals surface area (Å²) in [5.41, 5.74) is 6.55. The topological polar surface area (TPSA) is 86.7 Å². The number of imidazole rings is 1. The quantitative estimate of drug-likeness (QED) is 0.785. The van der Waals surface area contributed by atoms with E-state index in [2.05, 4.69) is 15.0 Å². The number of hydrogen-bond acceptors (Lipinski definition) is 5. The van der Waals surface area contributed by atoms with E-state index in [0.29, 0.717) is 23.4 Å². The van der Waals surface area contributed by atoms with Crippen molar-refractivity contribution in [2.24, 2.45) is 0 Å². The summed E-state index contributed by atoms with van der Waals surface area (Å²) in [6, 6.07) is 0. The number of hydrogen-bond donors (Lipinski definition) is 1. The second-order valence-corrected chi connectivity index (χ2v) is 3.19. The lowest BCUT2D eigenvalue weighted by molar-refractivity contribution is 0.0906. The van der Waals surface area contributed by atoms with Gasteiger partial charge in [0, 0.05) is 6.42 Å². The van der Waals surface area contributed by atoms with Crippen molar-refractivity contribution in [2.45, 2.75) is 19.8 Å². The molecular weight excluding hydrogens is 194 g/mol. The van der Waals surface area contributed by atoms with Gasteiger partial charge in [-0.25, -0.2) is 15.0 Å². The summed E-state index contributed by atoms with van der Waals surface area (Å²) in [5, 5.41) is 0. The van der Waals surface area contributed by atoms with Crippen molar-refractivity contribution in [1.82, 2.24) is 19.5 Å². The van der Waals surface area contributed by atoms with Gasteiger partial charge in [-0.05, 0) is 6.42 Å². The van der Waals surface area contributed by atoms with Crippen molar-refractivity contribution in [1.29, 1.82) is 0 Å². The Hall–Kier alpha value is -1.98. The molecule has 0 aliphatic heterocycles. The predicted molar refractivity (Wildman–Crippen MR) is 55.3 cm³/mol. The molecule has 0 radical (unpaired) electrons. The molecule has 0 saturated carbocycles. The summed E-state index contributed by atoms with van der Waals surface area (Å²) >= 11 is 0. The van der Waals surface area contributed by atoms with Crippen molar-refractivity contribution in [3.05, 3.63) is 12.7 Å². The standard InChI is InChI=1S/C9H11N5O/c1-2-3-6(15)14-5-13-7-8(10)11-4-12-9(7)14/h4-5H,2-3H2,1H3,(H2,10,11,12). The van der Waals surface area contributed by atoms with Gasteiger partial charge in [0.1, 0.15) is 12.7 Å². The summed E-state index contributed by atoms with van der Waals surface area (Å²) in [6.45, 7) is 1.94. The smallest absolute Gasteiger partial charge is 0.233 e. The number of anilines is 1. The summed E-state index contributed by atoms with van der Waals surface area (Å²) in [7, 11) is 0. The first-order chi connectivity index (χ1) is 7.24. The molecule has 0 saturated heterocycles. The minimum absolute atomic E-state index is 0.0295. The molecule has 78 valence electrons. The van der Waals surface area contributed by atoms with Crippen LogP contribution in [0.1, 0.15) is 24.6 Å². The van der Waals surface area contributed by atoms with Crippen molar-refractivity contribution < 1.29 is 4.79 Å². The lowest BCUT2D eigenvalue weighted by Gasteiger charge is -1.99. The van der Waals surface area contributed by atoms with Crippen LogP contribution in [0, 0.1) is 0 Å². The van der Waals surface area contributed by atoms with Crippen LogP contribution in [0.2, 0.25) is 0 Å². The van der Waals surface area contributed by atoms with Gasteiger partial charge in [-0.15, -0.1) is 0 Å². The zero-order valence-electron chi connectivity index (χ0n) is 8.34. The van der Waals surface area contributed by atoms with E-state index in [1.165, 1.54) is 17.2 Å². The maximum Gasteiger partial charge on any atom is 0.233 e. The third-order valence-electron chi connectivity index (χ3n) is 2.09. The van der Waals surface area contributed by atoms with Crippen molar-refractivity contribution in [2.75, 3.05) is 5.73 Å². The molecule has 6 heteroatoms. The zero-order chi connectivity index (χ0) is 10.8. The zero-order valence-corrected chi connectivity index (χ0v) is 8.34. The molecule has 2 heterocycles. The summed E-state index contributed by atoms with van der Waals surface area (Å²) in [5.74, 6) is 0.265. The lowest BCUT2D eigenvalue weighted by atomic mass is 10.3. The van der Waals surface area contributed by atoms with Crippen LogP contribution in [0.5, 0.6) is 0 Å². The Balaban J connectivity index is 2.54. The highest BCUT2D eigenvalue weighted by Gasteiger charge is 2.12. The van der Waals surface area contributed by atoms with Gasteiger partial charge >= 0.3 is 0 Å². The number of rotatable bonds is 2. The van der Waals surface area contributed by atoms with Gasteiger partial charge in [0.15, 0.2) is 17.0 Å². The monoisotopic (exact) mass is 205 g/mol. The lowest BCUT2D eigenvalue weighted by Crippen LogP contribution is -2.09. The Kier molecular flexibility index (Phi) is 2.32. The minimum atomic E-state index is -0.0295. The van der Waals surface area contributed by atoms with Crippen LogP contribution in [0.15, 0.2) is 12.7 Å². The summed E-state index contributed by atoms with van der Waals surface area (Å²) in [6.07, 6.45) is 4.03. The second-order valence-electron chi connectivity index (χ2n) is 3.19. The Morgan fingerprint density at radius 3 is 3.00 bits per heavy atom. The molecule has 2 rings (SSSR count). The average Bonchev–Trinajstić information content (AvgIpc) is 2.63. The molecule has 0 aromatic carbocycles. The maximum atomic E-state index is 11.7. The van der Waals surface area contributed by atoms with Crippen molar-refractivity contribution in [3.63, 3.8) is 0 Å². The maximum absolute atomic E-state index is 11.7. The SMILES string of the molecule is CCCC(=O)n1cnc2c(N)ncnc21. The van der Waals surface area contributed by atoms with E-state index in [4.69, 9.17) is 5.73 Å². The van der Waals surface area contributed by atoms with Gasteiger partial charge < -0.3 is 5.73 Å². The normalized spacial score (nSPS) is 10.7. The fourth-order valence-corrected chi connectivity index (χ4v) is 1.37. The molecule has 0 unspecified atom stereocenters. The van der Waals surface area contributed by atoms with Crippen molar-refractivity contribution in [3.8, 4) is 0 Å². The van der Waals surface area contributed by atoms with Gasteiger partial charge in [-0.3, -0.25) is 9.36 Å². The number of carbonyl (C=O) groups is 1. The third-order valence-corrected chi connectivity index (χ3v) is 2.09. The van der Waals surface area contributed by atoms with Gasteiger partial charge in [0.25, 0.3) is 0 Å². The molecule has 0 atom stereocenters. The molecule has 2 aromatic rings. The number of nitrogens with two attached hydrogens (primary N) is 1. The molecule has 0 bridgehead atoms. The number of fused-ring (bicyclic) bond motifs is 1. The minimum Gasteiger partial charge on any atom is -0.382 e. The van der Waals surface area contributed by atoms with E-state index in [-0.39, 0.29) is 5.91 Å². The highest BCUT2D eigenvalue weighted by Crippen LogP contribution is 2.14. The Bertz CT molecular complexity index is 504. The van der Waals surface area contributed by atoms with Gasteiger partial charge in [-0.2, -0.15) is 0 Å². The fraction of sp³-hybridized carbons (Fsp3) is 0.333. The first-order valence-corrected chi connectivity index (χ1v) is 4.70. The van der Waals surface area contributed by atoms with Crippen LogP contribution in [-0.4, -0.2) is 25.4 Å². The Morgan fingerprint density at radius 1 is 1.47 bits per heavy atom. The van der Waals surface area contributed by atoms with Crippen LogP contribution in [0.4, 0.5) is 5.82 Å². The Labute approximate surface area is 86.2 Å². The first kappa shape index (κ1) is 9.57. The average molecular weight is 205 g/mol. The number of nitrogen functional groups attached to an aromatic ring is 1. The first-order valence-electron chi connectivity index (χ1n) is 4.70. The van der Waals surface area contributed by atoms with E-state index in [1.54, 1.807) is 0 Å². The molecule has 0 aliphatic carbocycles. The van der Waals surface area contributed by atoms with E-state index < -0.39 is 0 Å². The number of carbonyl (C=O) groups excluding carboxylic acids is 1. The number of nitrogens with zero attached hydrogens (tertiary/aromatic N) is 4. The van der Waals surface area contributed by atoms with Crippen LogP contribution in [0.25, 0.3) is 11.2 Å². The molecule has 6 nitrogen and oxygen atoms in total. The molecular formula is C9H11N5O. The molecule has 0 amide bonds. The predicted octanol–water partition coefficient (Wildman–Crippen LogP) is 0.849. The summed E-state index contributed by atoms with van der Waals surface area (Å²) < 4.78 is 1.41. The number of aromatic nitrogens is 4. The van der Waals surface area contributed by atoms with Crippen molar-refractivity contribution >= 4 is 22.9 Å². The van der Waals surface area contributed by atoms with Crippen LogP contribution >= 0.6 is 0 Å². The van der Waals surface area contributed by atoms with E-state index in [9.17, 15) is 4.79 Å². The van der Waals surface area contributed by atoms with Crippen LogP contribution < -0.4 is 5.73 Å². The second kappa shape index (κ2) is 3.64. The largest absolute Gasteiger partial charge is 0.382 e. The van der Waals surface area contributed by atoms with Crippen LogP contribution in [0.3, 0.4) is 0 Å². The molecule has 15 heavy (non-hydrogen) atoms. The molecule has 2 aromatic heterocycles. The van der Waals surface area contributed by atoms with Gasteiger partial charge in [0.05, 0.1) is 0 Å². The third kappa shape index (κ3) is 1.54. The fourth-order valence-electron chi connectivity index (χ4n) is 1.37. The molecule has 0 aliphatic rings. The molecule has 0 fully saturated rings. The molecule has 2 N–H and O–H groups in total. The van der Waals surface area contributed by atoms with E-state index in [1.807, 2.05) is 6.92 Å². The van der Waals surface area contributed by atoms with E-state index in [0.717, 1.165) is 6.42 Å². The highest BCUT2D eigenvalue weighted by atomic mass is 16.2. The van der Waals surface area contributed by atoms with E-state index >= 15 is 0 Å². The summed E-state index contributed by atoms with van der Waals surface area (Å²) in [4.78, 5) is 23.5.